The molecule has 1 saturated heterocycles. The van der Waals surface area contributed by atoms with Gasteiger partial charge in [0, 0.05) is 30.9 Å². The van der Waals surface area contributed by atoms with Crippen molar-refractivity contribution >= 4 is 5.69 Å². The Bertz CT molecular complexity index is 378. The molecule has 0 aromatic heterocycles. The highest BCUT2D eigenvalue weighted by Gasteiger charge is 2.26. The number of hydrogen-bond acceptors (Lipinski definition) is 2. The van der Waals surface area contributed by atoms with E-state index in [9.17, 15) is 4.39 Å². The minimum absolute atomic E-state index is 0.158. The van der Waals surface area contributed by atoms with Crippen LogP contribution in [0.15, 0.2) is 24.3 Å². The molecule has 1 N–H and O–H groups in total. The maximum atomic E-state index is 13.3. The smallest absolute Gasteiger partial charge is 0.125 e. The van der Waals surface area contributed by atoms with Crippen molar-refractivity contribution in [1.29, 1.82) is 0 Å². The number of hydrogen-bond donors (Lipinski definition) is 1. The van der Waals surface area contributed by atoms with Crippen LogP contribution in [-0.2, 0) is 0 Å². The summed E-state index contributed by atoms with van der Waals surface area (Å²) in [5.74, 6) is 0.438. The van der Waals surface area contributed by atoms with Crippen LogP contribution in [0.4, 0.5) is 10.1 Å². The SMILES string of the molecule is CC(C)C1CN(c2cccc(F)c2)C(C)CN1. The summed E-state index contributed by atoms with van der Waals surface area (Å²) in [7, 11) is 0. The van der Waals surface area contributed by atoms with Gasteiger partial charge in [0.05, 0.1) is 0 Å². The molecule has 1 heterocycles. The first-order chi connectivity index (χ1) is 8.08. The Morgan fingerprint density at radius 2 is 2.18 bits per heavy atom. The van der Waals surface area contributed by atoms with Crippen LogP contribution in [0, 0.1) is 11.7 Å². The fraction of sp³-hybridized carbons (Fsp3) is 0.571. The summed E-state index contributed by atoms with van der Waals surface area (Å²) in [4.78, 5) is 2.30. The van der Waals surface area contributed by atoms with Crippen LogP contribution in [0.25, 0.3) is 0 Å². The summed E-state index contributed by atoms with van der Waals surface area (Å²) in [5.41, 5.74) is 0.990. The van der Waals surface area contributed by atoms with Crippen molar-refractivity contribution in [2.45, 2.75) is 32.9 Å². The van der Waals surface area contributed by atoms with Crippen molar-refractivity contribution < 1.29 is 4.39 Å². The monoisotopic (exact) mass is 236 g/mol. The van der Waals surface area contributed by atoms with Crippen molar-refractivity contribution in [2.75, 3.05) is 18.0 Å². The summed E-state index contributed by atoms with van der Waals surface area (Å²) < 4.78 is 13.3. The molecule has 2 atom stereocenters. The lowest BCUT2D eigenvalue weighted by atomic mass is 9.99. The highest BCUT2D eigenvalue weighted by Crippen LogP contribution is 2.22. The first-order valence-corrected chi connectivity index (χ1v) is 6.33. The average Bonchev–Trinajstić information content (AvgIpc) is 2.29. The first kappa shape index (κ1) is 12.4. The van der Waals surface area contributed by atoms with E-state index >= 15 is 0 Å². The number of rotatable bonds is 2. The minimum atomic E-state index is -0.158. The molecule has 94 valence electrons. The molecule has 0 amide bonds. The van der Waals surface area contributed by atoms with Crippen LogP contribution in [0.2, 0.25) is 0 Å². The molecular formula is C14H21FN2. The fourth-order valence-corrected chi connectivity index (χ4v) is 2.35. The molecule has 1 aromatic rings. The van der Waals surface area contributed by atoms with Crippen LogP contribution < -0.4 is 10.2 Å². The summed E-state index contributed by atoms with van der Waals surface area (Å²) in [5, 5.41) is 3.55. The number of piperazine rings is 1. The lowest BCUT2D eigenvalue weighted by molar-refractivity contribution is 0.337. The van der Waals surface area contributed by atoms with Gasteiger partial charge in [0.25, 0.3) is 0 Å². The molecule has 0 aliphatic carbocycles. The third kappa shape index (κ3) is 2.78. The van der Waals surface area contributed by atoms with Crippen molar-refractivity contribution in [3.05, 3.63) is 30.1 Å². The summed E-state index contributed by atoms with van der Waals surface area (Å²) in [6.45, 7) is 8.52. The maximum Gasteiger partial charge on any atom is 0.125 e. The second kappa shape index (κ2) is 5.05. The fourth-order valence-electron chi connectivity index (χ4n) is 2.35. The molecule has 0 radical (unpaired) electrons. The van der Waals surface area contributed by atoms with E-state index in [0.29, 0.717) is 18.0 Å². The summed E-state index contributed by atoms with van der Waals surface area (Å²) in [6, 6.07) is 7.78. The van der Waals surface area contributed by atoms with E-state index in [1.165, 1.54) is 6.07 Å². The van der Waals surface area contributed by atoms with Gasteiger partial charge in [0.15, 0.2) is 0 Å². The Kier molecular flexibility index (Phi) is 3.67. The second-order valence-corrected chi connectivity index (χ2v) is 5.24. The highest BCUT2D eigenvalue weighted by atomic mass is 19.1. The molecule has 1 fully saturated rings. The Morgan fingerprint density at radius 1 is 1.41 bits per heavy atom. The van der Waals surface area contributed by atoms with Gasteiger partial charge in [0.1, 0.15) is 5.82 Å². The van der Waals surface area contributed by atoms with Crippen molar-refractivity contribution in [3.8, 4) is 0 Å². The molecular weight excluding hydrogens is 215 g/mol. The number of nitrogens with one attached hydrogen (secondary N) is 1. The van der Waals surface area contributed by atoms with Crippen molar-refractivity contribution in [3.63, 3.8) is 0 Å². The Hall–Kier alpha value is -1.09. The van der Waals surface area contributed by atoms with Crippen LogP contribution in [0.5, 0.6) is 0 Å². The van der Waals surface area contributed by atoms with E-state index in [1.807, 2.05) is 6.07 Å². The van der Waals surface area contributed by atoms with Gasteiger partial charge < -0.3 is 10.2 Å². The van der Waals surface area contributed by atoms with Gasteiger partial charge in [-0.1, -0.05) is 19.9 Å². The predicted molar refractivity (Wildman–Crippen MR) is 69.8 cm³/mol. The van der Waals surface area contributed by atoms with Gasteiger partial charge in [-0.2, -0.15) is 0 Å². The van der Waals surface area contributed by atoms with Gasteiger partial charge in [0.2, 0.25) is 0 Å². The molecule has 17 heavy (non-hydrogen) atoms. The molecule has 2 rings (SSSR count). The average molecular weight is 236 g/mol. The largest absolute Gasteiger partial charge is 0.366 e. The topological polar surface area (TPSA) is 15.3 Å². The van der Waals surface area contributed by atoms with Gasteiger partial charge in [-0.05, 0) is 31.0 Å². The quantitative estimate of drug-likeness (QED) is 0.849. The highest BCUT2D eigenvalue weighted by molar-refractivity contribution is 5.48. The number of halogens is 1. The molecule has 1 aliphatic rings. The first-order valence-electron chi connectivity index (χ1n) is 6.33. The van der Waals surface area contributed by atoms with E-state index in [4.69, 9.17) is 0 Å². The Balaban J connectivity index is 2.18. The van der Waals surface area contributed by atoms with Crippen LogP contribution in [0.1, 0.15) is 20.8 Å². The van der Waals surface area contributed by atoms with Crippen LogP contribution >= 0.6 is 0 Å². The van der Waals surface area contributed by atoms with Gasteiger partial charge in [-0.25, -0.2) is 4.39 Å². The van der Waals surface area contributed by atoms with Crippen molar-refractivity contribution in [1.82, 2.24) is 5.32 Å². The molecule has 3 heteroatoms. The molecule has 2 unspecified atom stereocenters. The number of anilines is 1. The van der Waals surface area contributed by atoms with E-state index in [0.717, 1.165) is 18.8 Å². The van der Waals surface area contributed by atoms with Gasteiger partial charge >= 0.3 is 0 Å². The molecule has 0 spiro atoms. The zero-order valence-electron chi connectivity index (χ0n) is 10.8. The Labute approximate surface area is 103 Å². The minimum Gasteiger partial charge on any atom is -0.366 e. The molecule has 1 aliphatic heterocycles. The molecule has 1 aromatic carbocycles. The maximum absolute atomic E-state index is 13.3. The lowest BCUT2D eigenvalue weighted by Gasteiger charge is -2.41. The zero-order valence-corrected chi connectivity index (χ0v) is 10.8. The van der Waals surface area contributed by atoms with E-state index in [1.54, 1.807) is 12.1 Å². The Morgan fingerprint density at radius 3 is 2.82 bits per heavy atom. The molecule has 0 saturated carbocycles. The van der Waals surface area contributed by atoms with E-state index in [2.05, 4.69) is 31.0 Å². The van der Waals surface area contributed by atoms with Gasteiger partial charge in [-0.3, -0.25) is 0 Å². The predicted octanol–water partition coefficient (Wildman–Crippen LogP) is 2.65. The number of nitrogens with zero attached hydrogens (tertiary/aromatic N) is 1. The van der Waals surface area contributed by atoms with E-state index < -0.39 is 0 Å². The van der Waals surface area contributed by atoms with E-state index in [-0.39, 0.29) is 5.82 Å². The third-order valence-electron chi connectivity index (χ3n) is 3.55. The molecule has 0 bridgehead atoms. The summed E-state index contributed by atoms with van der Waals surface area (Å²) in [6.07, 6.45) is 0. The standard InChI is InChI=1S/C14H21FN2/c1-10(2)14-9-17(11(3)8-16-14)13-6-4-5-12(15)7-13/h4-7,10-11,14,16H,8-9H2,1-3H3. The normalized spacial score (nSPS) is 25.4. The zero-order chi connectivity index (χ0) is 12.4. The summed E-state index contributed by atoms with van der Waals surface area (Å²) >= 11 is 0. The third-order valence-corrected chi connectivity index (χ3v) is 3.55. The van der Waals surface area contributed by atoms with Gasteiger partial charge in [-0.15, -0.1) is 0 Å². The molecule has 2 nitrogen and oxygen atoms in total. The van der Waals surface area contributed by atoms with Crippen molar-refractivity contribution in [2.24, 2.45) is 5.92 Å². The lowest BCUT2D eigenvalue weighted by Crippen LogP contribution is -2.57. The van der Waals surface area contributed by atoms with Crippen LogP contribution in [0.3, 0.4) is 0 Å². The number of benzene rings is 1. The second-order valence-electron chi connectivity index (χ2n) is 5.24. The van der Waals surface area contributed by atoms with Crippen LogP contribution in [-0.4, -0.2) is 25.2 Å².